The van der Waals surface area contributed by atoms with Crippen molar-refractivity contribution in [3.05, 3.63) is 102 Å². The van der Waals surface area contributed by atoms with Gasteiger partial charge in [-0.15, -0.1) is 0 Å². The van der Waals surface area contributed by atoms with Gasteiger partial charge in [0.2, 0.25) is 5.91 Å². The highest BCUT2D eigenvalue weighted by atomic mass is 19.1. The van der Waals surface area contributed by atoms with Crippen LogP contribution < -0.4 is 4.74 Å². The van der Waals surface area contributed by atoms with Crippen LogP contribution in [-0.2, 0) is 17.8 Å². The molecule has 9 nitrogen and oxygen atoms in total. The van der Waals surface area contributed by atoms with Crippen LogP contribution in [0, 0.1) is 17.1 Å². The summed E-state index contributed by atoms with van der Waals surface area (Å²) in [5.41, 5.74) is 2.21. The predicted molar refractivity (Wildman–Crippen MR) is 163 cm³/mol. The number of ether oxygens (including phenoxy) is 1. The Labute approximate surface area is 256 Å². The smallest absolute Gasteiger partial charge is 0.254 e. The number of carbonyl (C=O) groups excluding carboxylic acids is 2. The SMILES string of the molecule is N#Cc1cc(F)cc(C(=O)N2CCCCN(C(=O)CCc3ccncc3)CCOc3cccc(c3)-c3nccn3CCC2)c1. The summed E-state index contributed by atoms with van der Waals surface area (Å²) >= 11 is 0. The maximum atomic E-state index is 14.2. The molecular weight excluding hydrogens is 559 g/mol. The number of aryl methyl sites for hydroxylation is 2. The standard InChI is InChI=1S/C34H35FN6O3/c35-30-22-27(25-36)21-29(23-30)34(43)41-15-2-1-14-39(32(42)8-7-26-9-11-37-12-10-26)19-20-44-31-6-3-5-28(24-31)33-38-13-18-40(33)16-4-17-41/h3,5-6,9-13,18,21-24H,1-2,4,7-8,14-17,19-20H2. The zero-order valence-electron chi connectivity index (χ0n) is 24.6. The Kier molecular flexibility index (Phi) is 10.3. The third-order valence-electron chi connectivity index (χ3n) is 7.66. The number of nitrogens with zero attached hydrogens (tertiary/aromatic N) is 6. The van der Waals surface area contributed by atoms with E-state index in [2.05, 4.69) is 9.97 Å². The fourth-order valence-electron chi connectivity index (χ4n) is 5.38. The second kappa shape index (κ2) is 14.9. The van der Waals surface area contributed by atoms with Gasteiger partial charge >= 0.3 is 0 Å². The van der Waals surface area contributed by atoms with Crippen LogP contribution in [0.15, 0.2) is 79.4 Å². The number of amides is 2. The second-order valence-corrected chi connectivity index (χ2v) is 10.8. The molecular formula is C34H35FN6O3. The van der Waals surface area contributed by atoms with Gasteiger partial charge in [-0.3, -0.25) is 14.6 Å². The molecule has 0 atom stereocenters. The lowest BCUT2D eigenvalue weighted by Crippen LogP contribution is -2.37. The lowest BCUT2D eigenvalue weighted by atomic mass is 10.1. The summed E-state index contributed by atoms with van der Waals surface area (Å²) in [5, 5.41) is 9.30. The van der Waals surface area contributed by atoms with Crippen LogP contribution in [0.4, 0.5) is 4.39 Å². The first-order chi connectivity index (χ1) is 21.5. The maximum Gasteiger partial charge on any atom is 0.254 e. The van der Waals surface area contributed by atoms with Crippen LogP contribution >= 0.6 is 0 Å². The Morgan fingerprint density at radius 2 is 1.70 bits per heavy atom. The van der Waals surface area contributed by atoms with E-state index in [9.17, 15) is 19.2 Å². The Bertz CT molecular complexity index is 1620. The van der Waals surface area contributed by atoms with Gasteiger partial charge in [0.25, 0.3) is 5.91 Å². The number of aromatic nitrogens is 3. The molecule has 226 valence electrons. The predicted octanol–water partition coefficient (Wildman–Crippen LogP) is 5.12. The lowest BCUT2D eigenvalue weighted by Gasteiger charge is -2.25. The van der Waals surface area contributed by atoms with Crippen molar-refractivity contribution >= 4 is 11.8 Å². The van der Waals surface area contributed by atoms with Crippen molar-refractivity contribution in [2.45, 2.75) is 38.6 Å². The molecule has 0 spiro atoms. The summed E-state index contributed by atoms with van der Waals surface area (Å²) < 4.78 is 22.3. The molecule has 4 aromatic rings. The molecule has 0 unspecified atom stereocenters. The molecule has 0 fully saturated rings. The zero-order chi connectivity index (χ0) is 30.7. The molecule has 2 bridgehead atoms. The van der Waals surface area contributed by atoms with Crippen molar-refractivity contribution in [1.82, 2.24) is 24.3 Å². The summed E-state index contributed by atoms with van der Waals surface area (Å²) in [7, 11) is 0. The van der Waals surface area contributed by atoms with E-state index >= 15 is 0 Å². The number of pyridine rings is 1. The van der Waals surface area contributed by atoms with Crippen LogP contribution in [0.1, 0.15) is 47.2 Å². The average Bonchev–Trinajstić information content (AvgIpc) is 3.52. The fraction of sp³-hybridized carbons (Fsp3) is 0.324. The second-order valence-electron chi connectivity index (χ2n) is 10.8. The van der Waals surface area contributed by atoms with E-state index in [0.717, 1.165) is 23.0 Å². The van der Waals surface area contributed by atoms with E-state index < -0.39 is 5.82 Å². The van der Waals surface area contributed by atoms with Crippen molar-refractivity contribution in [2.24, 2.45) is 0 Å². The highest BCUT2D eigenvalue weighted by Gasteiger charge is 2.19. The zero-order valence-corrected chi connectivity index (χ0v) is 24.6. The summed E-state index contributed by atoms with van der Waals surface area (Å²) in [6.45, 7) is 2.78. The number of rotatable bonds is 4. The molecule has 10 heteroatoms. The van der Waals surface area contributed by atoms with Gasteiger partial charge < -0.3 is 19.1 Å². The number of carbonyl (C=O) groups is 2. The quantitative estimate of drug-likeness (QED) is 0.325. The molecule has 0 radical (unpaired) electrons. The first kappa shape index (κ1) is 30.4. The summed E-state index contributed by atoms with van der Waals surface area (Å²) in [5.74, 6) is 0.585. The van der Waals surface area contributed by atoms with E-state index in [-0.39, 0.29) is 22.9 Å². The third-order valence-corrected chi connectivity index (χ3v) is 7.66. The van der Waals surface area contributed by atoms with E-state index in [1.807, 2.05) is 58.1 Å². The first-order valence-electron chi connectivity index (χ1n) is 14.9. The molecule has 3 heterocycles. The van der Waals surface area contributed by atoms with Gasteiger partial charge in [-0.1, -0.05) is 12.1 Å². The number of imidazole rings is 1. The summed E-state index contributed by atoms with van der Waals surface area (Å²) in [6.07, 6.45) is 10.1. The van der Waals surface area contributed by atoms with Gasteiger partial charge in [0.15, 0.2) is 0 Å². The third kappa shape index (κ3) is 8.07. The van der Waals surface area contributed by atoms with Gasteiger partial charge in [0.05, 0.1) is 18.2 Å². The minimum atomic E-state index is -0.619. The van der Waals surface area contributed by atoms with Crippen LogP contribution in [0.2, 0.25) is 0 Å². The molecule has 2 aromatic heterocycles. The van der Waals surface area contributed by atoms with Crippen molar-refractivity contribution in [1.29, 1.82) is 5.26 Å². The molecule has 0 saturated heterocycles. The van der Waals surface area contributed by atoms with Crippen molar-refractivity contribution < 1.29 is 18.7 Å². The molecule has 2 aromatic carbocycles. The molecule has 0 saturated carbocycles. The van der Waals surface area contributed by atoms with Gasteiger partial charge in [0.1, 0.15) is 24.0 Å². The van der Waals surface area contributed by atoms with Gasteiger partial charge in [-0.25, -0.2) is 9.37 Å². The van der Waals surface area contributed by atoms with Crippen LogP contribution in [0.3, 0.4) is 0 Å². The number of fused-ring (bicyclic) bond motifs is 4. The highest BCUT2D eigenvalue weighted by Crippen LogP contribution is 2.23. The minimum absolute atomic E-state index is 0.0378. The molecule has 44 heavy (non-hydrogen) atoms. The maximum absolute atomic E-state index is 14.2. The van der Waals surface area contributed by atoms with Crippen LogP contribution in [0.5, 0.6) is 5.75 Å². The lowest BCUT2D eigenvalue weighted by molar-refractivity contribution is -0.131. The van der Waals surface area contributed by atoms with Gasteiger partial charge in [0, 0.05) is 68.5 Å². The summed E-state index contributed by atoms with van der Waals surface area (Å²) in [6, 6.07) is 17.2. The number of benzene rings is 2. The Morgan fingerprint density at radius 1 is 0.909 bits per heavy atom. The van der Waals surface area contributed by atoms with Crippen molar-refractivity contribution in [3.8, 4) is 23.2 Å². The van der Waals surface area contributed by atoms with E-state index in [4.69, 9.17) is 4.74 Å². The Hall–Kier alpha value is -5.04. The number of halogens is 1. The van der Waals surface area contributed by atoms with Crippen LogP contribution in [0.25, 0.3) is 11.4 Å². The fourth-order valence-corrected chi connectivity index (χ4v) is 5.38. The molecule has 5 rings (SSSR count). The topological polar surface area (TPSA) is 104 Å². The number of nitriles is 1. The van der Waals surface area contributed by atoms with E-state index in [0.29, 0.717) is 77.2 Å². The molecule has 0 N–H and O–H groups in total. The van der Waals surface area contributed by atoms with E-state index in [1.54, 1.807) is 23.5 Å². The highest BCUT2D eigenvalue weighted by molar-refractivity contribution is 5.94. The van der Waals surface area contributed by atoms with Gasteiger partial charge in [-0.2, -0.15) is 5.26 Å². The van der Waals surface area contributed by atoms with Crippen molar-refractivity contribution in [3.63, 3.8) is 0 Å². The molecule has 1 aliphatic rings. The monoisotopic (exact) mass is 594 g/mol. The Balaban J connectivity index is 1.35. The Morgan fingerprint density at radius 3 is 2.52 bits per heavy atom. The first-order valence-corrected chi connectivity index (χ1v) is 14.9. The largest absolute Gasteiger partial charge is 0.492 e. The van der Waals surface area contributed by atoms with Crippen molar-refractivity contribution in [2.75, 3.05) is 32.8 Å². The average molecular weight is 595 g/mol. The molecule has 2 amide bonds. The molecule has 0 aliphatic carbocycles. The number of hydrogen-bond acceptors (Lipinski definition) is 6. The minimum Gasteiger partial charge on any atom is -0.492 e. The van der Waals surface area contributed by atoms with Crippen LogP contribution in [-0.4, -0.2) is 68.9 Å². The summed E-state index contributed by atoms with van der Waals surface area (Å²) in [4.78, 5) is 39.0. The number of hydrogen-bond donors (Lipinski definition) is 0. The normalized spacial score (nSPS) is 14.5. The van der Waals surface area contributed by atoms with Gasteiger partial charge in [-0.05, 0) is 73.7 Å². The van der Waals surface area contributed by atoms with E-state index in [1.165, 1.54) is 12.1 Å². The molecule has 1 aliphatic heterocycles.